The number of nitrogens with one attached hydrogen (secondary N) is 4. The largest absolute Gasteiger partial charge is 0.493 e. The zero-order valence-corrected chi connectivity index (χ0v) is 68.3. The van der Waals surface area contributed by atoms with Crippen molar-refractivity contribution in [1.29, 1.82) is 0 Å². The van der Waals surface area contributed by atoms with Crippen LogP contribution in [0.15, 0.2) is 54.9 Å². The van der Waals surface area contributed by atoms with Gasteiger partial charge >= 0.3 is 0 Å². The molecule has 4 aromatic rings. The molecule has 1 heterocycles. The van der Waals surface area contributed by atoms with Crippen LogP contribution in [-0.4, -0.2) is 98.8 Å². The van der Waals surface area contributed by atoms with Gasteiger partial charge in [-0.05, 0) is 77.0 Å². The van der Waals surface area contributed by atoms with Crippen molar-refractivity contribution >= 4 is 52.3 Å². The minimum absolute atomic E-state index is 0.0841. The lowest BCUT2D eigenvalue weighted by Crippen LogP contribution is -2.33. The van der Waals surface area contributed by atoms with Crippen LogP contribution in [0.3, 0.4) is 0 Å². The molecule has 0 fully saturated rings. The summed E-state index contributed by atoms with van der Waals surface area (Å²) in [7, 11) is 0. The fourth-order valence-electron chi connectivity index (χ4n) is 12.9. The summed E-state index contributed by atoms with van der Waals surface area (Å²) in [5.74, 6) is -0.392. The van der Waals surface area contributed by atoms with E-state index in [1.807, 2.05) is 13.8 Å². The van der Waals surface area contributed by atoms with Crippen LogP contribution in [0.5, 0.6) is 40.2 Å². The average molecular weight is 1490 g/mol. The summed E-state index contributed by atoms with van der Waals surface area (Å²) < 4.78 is 46.2. The Balaban J connectivity index is 1.98. The molecule has 0 aliphatic heterocycles. The number of carbonyl (C=O) groups is 5. The van der Waals surface area contributed by atoms with Gasteiger partial charge < -0.3 is 59.3 Å². The third-order valence-corrected chi connectivity index (χ3v) is 19.5. The highest BCUT2D eigenvalue weighted by Gasteiger charge is 2.28. The number of anilines is 4. The number of hydrogen-bond acceptors (Lipinski definition) is 13. The average Bonchev–Trinajstić information content (AvgIpc) is 0.796. The normalized spacial score (nSPS) is 11.1. The van der Waals surface area contributed by atoms with E-state index < -0.39 is 30.0 Å². The number of benzene rings is 3. The molecule has 18 nitrogen and oxygen atoms in total. The van der Waals surface area contributed by atoms with E-state index in [4.69, 9.17) is 33.2 Å². The number of pyridine rings is 1. The second-order valence-electron chi connectivity index (χ2n) is 28.9. The van der Waals surface area contributed by atoms with E-state index in [0.29, 0.717) is 88.0 Å². The van der Waals surface area contributed by atoms with E-state index in [2.05, 4.69) is 74.7 Å². The lowest BCUT2D eigenvalue weighted by Gasteiger charge is -2.21. The zero-order valence-electron chi connectivity index (χ0n) is 68.3. The van der Waals surface area contributed by atoms with E-state index in [0.717, 1.165) is 244 Å². The Morgan fingerprint density at radius 1 is 0.290 bits per heavy atom. The van der Waals surface area contributed by atoms with Crippen molar-refractivity contribution in [3.63, 3.8) is 0 Å². The van der Waals surface area contributed by atoms with Crippen LogP contribution in [0.2, 0.25) is 0 Å². The first kappa shape index (κ1) is 92.1. The van der Waals surface area contributed by atoms with Gasteiger partial charge in [-0.15, -0.1) is 0 Å². The number of aromatic nitrogens is 1. The number of rotatable bonds is 67. The third-order valence-electron chi connectivity index (χ3n) is 19.5. The fourth-order valence-corrected chi connectivity index (χ4v) is 12.9. The molecule has 107 heavy (non-hydrogen) atoms. The lowest BCUT2D eigenvalue weighted by atomic mass is 10.1. The van der Waals surface area contributed by atoms with Gasteiger partial charge in [0, 0.05) is 43.6 Å². The molecule has 0 saturated carbocycles. The monoisotopic (exact) mass is 1490 g/mol. The molecule has 0 atom stereocenters. The topological polar surface area (TPSA) is 214 Å². The molecule has 0 bridgehead atoms. The van der Waals surface area contributed by atoms with Gasteiger partial charge in [0.05, 0.1) is 86.2 Å². The second kappa shape index (κ2) is 59.7. The fraction of sp³-hybridized carbons (Fsp3) is 0.685. The van der Waals surface area contributed by atoms with Crippen molar-refractivity contribution in [2.24, 2.45) is 0 Å². The summed E-state index contributed by atoms with van der Waals surface area (Å²) in [4.78, 5) is 80.0. The first-order valence-electron chi connectivity index (χ1n) is 42.8. The van der Waals surface area contributed by atoms with E-state index in [1.165, 1.54) is 25.7 Å². The minimum Gasteiger partial charge on any atom is -0.493 e. The van der Waals surface area contributed by atoms with Crippen LogP contribution in [0.1, 0.15) is 369 Å². The van der Waals surface area contributed by atoms with Crippen molar-refractivity contribution in [1.82, 2.24) is 9.88 Å². The molecular formula is C89H144N6O12. The number of ether oxygens (including phenoxy) is 7. The van der Waals surface area contributed by atoms with E-state index in [1.54, 1.807) is 59.8 Å². The molecule has 4 rings (SSSR count). The SMILES string of the molecule is CCCCCCCCOc1cc(OCCCCCCCC)c(C(=O)Nc2cc(C(=O)Nc3cc(C(=O)Nc4cnccc4OCCCCCCCC)c(OCCCCCCCC)cc3OCCCCCCCC)c(OCCCCCCCC)cc2OCCCCCCCC)cc1NC(=O)CC(=O)N(CC)CC. The zero-order chi connectivity index (χ0) is 77.2. The van der Waals surface area contributed by atoms with Crippen LogP contribution in [0, 0.1) is 0 Å². The first-order valence-corrected chi connectivity index (χ1v) is 42.8. The van der Waals surface area contributed by atoms with Gasteiger partial charge in [0.2, 0.25) is 11.8 Å². The molecule has 5 amide bonds. The van der Waals surface area contributed by atoms with E-state index >= 15 is 14.4 Å². The summed E-state index contributed by atoms with van der Waals surface area (Å²) in [6.07, 6.45) is 46.5. The quantitative estimate of drug-likeness (QED) is 0.0239. The molecule has 0 saturated heterocycles. The molecule has 0 aliphatic carbocycles. The summed E-state index contributed by atoms with van der Waals surface area (Å²) in [5.41, 5.74) is 1.34. The predicted molar refractivity (Wildman–Crippen MR) is 441 cm³/mol. The van der Waals surface area contributed by atoms with Gasteiger partial charge in [-0.3, -0.25) is 29.0 Å². The molecule has 0 unspecified atom stereocenters. The Kier molecular flexibility index (Phi) is 51.4. The van der Waals surface area contributed by atoms with Gasteiger partial charge in [-0.25, -0.2) is 0 Å². The van der Waals surface area contributed by atoms with Gasteiger partial charge in [-0.2, -0.15) is 0 Å². The van der Waals surface area contributed by atoms with Gasteiger partial charge in [0.1, 0.15) is 52.4 Å². The summed E-state index contributed by atoms with van der Waals surface area (Å²) in [6, 6.07) is 11.6. The van der Waals surface area contributed by atoms with Crippen LogP contribution in [0.25, 0.3) is 0 Å². The molecular weight excluding hydrogens is 1350 g/mol. The molecule has 0 aliphatic rings. The van der Waals surface area contributed by atoms with Crippen LogP contribution in [-0.2, 0) is 9.59 Å². The van der Waals surface area contributed by atoms with Gasteiger partial charge in [0.25, 0.3) is 17.7 Å². The van der Waals surface area contributed by atoms with Crippen molar-refractivity contribution in [2.75, 3.05) is 80.6 Å². The highest BCUT2D eigenvalue weighted by atomic mass is 16.5. The molecule has 18 heteroatoms. The number of unbranched alkanes of at least 4 members (excludes halogenated alkanes) is 35. The standard InChI is InChI=1S/C89H144N6O12/c1-10-19-26-33-40-47-56-101-78-54-55-90-70-77(78)94-89(100)73-65-76(84(107-62-53-46-39-32-25-16-7)68-81(73)104-59-50-43-36-29-22-13-4)93-88(99)72-64-75(83(106-61-52-45-38-31-24-15-6)67-80(72)103-58-49-42-35-28-21-12-3)92-87(98)71-63-74(91-85(96)69-86(97)95(17-8)18-9)82(105-60-51-44-37-30-23-14-5)66-79(71)102-57-48-41-34-27-20-11-2/h54-55,63-68,70H,10-53,56-62,69H2,1-9H3,(H,91,96)(H,92,98)(H,93,99)(H,94,100). The minimum atomic E-state index is -0.612. The maximum atomic E-state index is 15.8. The van der Waals surface area contributed by atoms with Crippen molar-refractivity contribution in [3.8, 4) is 40.2 Å². The summed E-state index contributed by atoms with van der Waals surface area (Å²) in [5, 5.41) is 12.4. The third kappa shape index (κ3) is 38.6. The second-order valence-corrected chi connectivity index (χ2v) is 28.9. The Hall–Kier alpha value is -7.24. The van der Waals surface area contributed by atoms with Crippen molar-refractivity contribution in [3.05, 3.63) is 71.5 Å². The maximum absolute atomic E-state index is 15.8. The molecule has 0 radical (unpaired) electrons. The van der Waals surface area contributed by atoms with Crippen LogP contribution in [0.4, 0.5) is 22.7 Å². The highest BCUT2D eigenvalue weighted by Crippen LogP contribution is 2.41. The van der Waals surface area contributed by atoms with Crippen LogP contribution >= 0.6 is 0 Å². The smallest absolute Gasteiger partial charge is 0.259 e. The number of nitrogens with zero attached hydrogens (tertiary/aromatic N) is 2. The molecule has 1 aromatic heterocycles. The van der Waals surface area contributed by atoms with Gasteiger partial charge in [-0.1, -0.05) is 273 Å². The Bertz CT molecular complexity index is 3060. The van der Waals surface area contributed by atoms with E-state index in [9.17, 15) is 9.59 Å². The highest BCUT2D eigenvalue weighted by molar-refractivity contribution is 6.13. The number of hydrogen-bond donors (Lipinski definition) is 4. The summed E-state index contributed by atoms with van der Waals surface area (Å²) >= 11 is 0. The molecule has 602 valence electrons. The van der Waals surface area contributed by atoms with Crippen molar-refractivity contribution in [2.45, 2.75) is 338 Å². The molecule has 4 N–H and O–H groups in total. The predicted octanol–water partition coefficient (Wildman–Crippen LogP) is 24.2. The Morgan fingerprint density at radius 2 is 0.533 bits per heavy atom. The summed E-state index contributed by atoms with van der Waals surface area (Å²) in [6.45, 7) is 22.5. The Labute approximate surface area is 646 Å². The molecule has 0 spiro atoms. The molecule has 3 aromatic carbocycles. The van der Waals surface area contributed by atoms with Crippen molar-refractivity contribution < 1.29 is 57.1 Å². The van der Waals surface area contributed by atoms with E-state index in [-0.39, 0.29) is 56.9 Å². The van der Waals surface area contributed by atoms with Gasteiger partial charge in [0.15, 0.2) is 0 Å². The van der Waals surface area contributed by atoms with Crippen LogP contribution < -0.4 is 54.4 Å². The Morgan fingerprint density at radius 3 is 0.813 bits per heavy atom. The maximum Gasteiger partial charge on any atom is 0.259 e. The number of amides is 5. The first-order chi connectivity index (χ1) is 52.4. The number of carbonyl (C=O) groups excluding carboxylic acids is 5. The lowest BCUT2D eigenvalue weighted by molar-refractivity contribution is -0.134.